The third-order valence-electron chi connectivity index (χ3n) is 3.00. The highest BCUT2D eigenvalue weighted by molar-refractivity contribution is 6.04. The predicted molar refractivity (Wildman–Crippen MR) is 72.4 cm³/mol. The Labute approximate surface area is 113 Å². The van der Waals surface area contributed by atoms with Gasteiger partial charge in [-0.25, -0.2) is 9.59 Å². The van der Waals surface area contributed by atoms with E-state index in [9.17, 15) is 9.59 Å². The summed E-state index contributed by atoms with van der Waals surface area (Å²) < 4.78 is 9.48. The summed E-state index contributed by atoms with van der Waals surface area (Å²) in [4.78, 5) is 23.6. The highest BCUT2D eigenvalue weighted by atomic mass is 16.5. The predicted octanol–water partition coefficient (Wildman–Crippen LogP) is 2.99. The van der Waals surface area contributed by atoms with E-state index in [4.69, 9.17) is 9.47 Å². The number of unbranched alkanes of at least 4 members (excludes halogenated alkanes) is 2. The van der Waals surface area contributed by atoms with Crippen LogP contribution in [0.2, 0.25) is 0 Å². The molecule has 4 heteroatoms. The molecule has 0 unspecified atom stereocenters. The molecular weight excluding hydrogens is 244 g/mol. The normalized spacial score (nSPS) is 10.1. The van der Waals surface area contributed by atoms with Crippen LogP contribution in [-0.2, 0) is 15.9 Å². The minimum absolute atomic E-state index is 0.267. The van der Waals surface area contributed by atoms with Crippen LogP contribution in [0.3, 0.4) is 0 Å². The summed E-state index contributed by atoms with van der Waals surface area (Å²) in [6, 6.07) is 5.20. The van der Waals surface area contributed by atoms with Crippen molar-refractivity contribution in [2.45, 2.75) is 32.6 Å². The number of ether oxygens (including phenoxy) is 2. The van der Waals surface area contributed by atoms with Crippen LogP contribution in [0.25, 0.3) is 0 Å². The molecule has 1 rings (SSSR count). The van der Waals surface area contributed by atoms with Crippen LogP contribution in [-0.4, -0.2) is 26.2 Å². The van der Waals surface area contributed by atoms with E-state index < -0.39 is 11.9 Å². The van der Waals surface area contributed by atoms with E-state index in [2.05, 4.69) is 6.92 Å². The quantitative estimate of drug-likeness (QED) is 0.585. The van der Waals surface area contributed by atoms with Crippen molar-refractivity contribution in [1.29, 1.82) is 0 Å². The fraction of sp³-hybridized carbons (Fsp3) is 0.467. The highest BCUT2D eigenvalue weighted by Gasteiger charge is 2.21. The first-order valence-corrected chi connectivity index (χ1v) is 6.44. The Bertz CT molecular complexity index is 451. The third kappa shape index (κ3) is 3.81. The maximum Gasteiger partial charge on any atom is 0.339 e. The zero-order chi connectivity index (χ0) is 14.3. The standard InChI is InChI=1S/C15H20O4/c1-4-5-6-8-11-9-7-10-12(14(16)18-2)13(11)15(17)19-3/h7,9-10H,4-6,8H2,1-3H3. The summed E-state index contributed by atoms with van der Waals surface area (Å²) >= 11 is 0. The summed E-state index contributed by atoms with van der Waals surface area (Å²) in [5.74, 6) is -1.01. The Morgan fingerprint density at radius 1 is 1.05 bits per heavy atom. The van der Waals surface area contributed by atoms with E-state index in [1.54, 1.807) is 12.1 Å². The van der Waals surface area contributed by atoms with Crippen molar-refractivity contribution in [3.8, 4) is 0 Å². The Morgan fingerprint density at radius 2 is 1.74 bits per heavy atom. The molecule has 0 spiro atoms. The topological polar surface area (TPSA) is 52.6 Å². The van der Waals surface area contributed by atoms with Crippen molar-refractivity contribution in [3.63, 3.8) is 0 Å². The highest BCUT2D eigenvalue weighted by Crippen LogP contribution is 2.19. The number of carbonyl (C=O) groups is 2. The molecule has 0 heterocycles. The Hall–Kier alpha value is -1.84. The van der Waals surface area contributed by atoms with Gasteiger partial charge in [-0.3, -0.25) is 0 Å². The summed E-state index contributed by atoms with van der Waals surface area (Å²) in [5.41, 5.74) is 1.43. The van der Waals surface area contributed by atoms with Crippen LogP contribution in [0.5, 0.6) is 0 Å². The molecule has 0 fully saturated rings. The van der Waals surface area contributed by atoms with Crippen molar-refractivity contribution < 1.29 is 19.1 Å². The van der Waals surface area contributed by atoms with Gasteiger partial charge in [0.2, 0.25) is 0 Å². The zero-order valence-corrected chi connectivity index (χ0v) is 11.7. The van der Waals surface area contributed by atoms with Crippen LogP contribution in [0, 0.1) is 0 Å². The lowest BCUT2D eigenvalue weighted by Crippen LogP contribution is -2.14. The molecule has 0 saturated carbocycles. The molecule has 104 valence electrons. The molecule has 1 aromatic rings. The van der Waals surface area contributed by atoms with Crippen LogP contribution in [0.4, 0.5) is 0 Å². The van der Waals surface area contributed by atoms with Gasteiger partial charge >= 0.3 is 11.9 Å². The molecule has 0 aliphatic carbocycles. The van der Waals surface area contributed by atoms with Gasteiger partial charge in [-0.2, -0.15) is 0 Å². The molecule has 0 saturated heterocycles. The van der Waals surface area contributed by atoms with Gasteiger partial charge in [-0.1, -0.05) is 31.9 Å². The van der Waals surface area contributed by atoms with Crippen molar-refractivity contribution in [2.24, 2.45) is 0 Å². The van der Waals surface area contributed by atoms with Gasteiger partial charge in [0.15, 0.2) is 0 Å². The second-order valence-electron chi connectivity index (χ2n) is 4.28. The van der Waals surface area contributed by atoms with Gasteiger partial charge in [0.25, 0.3) is 0 Å². The molecule has 0 radical (unpaired) electrons. The average molecular weight is 264 g/mol. The van der Waals surface area contributed by atoms with Crippen LogP contribution in [0.15, 0.2) is 18.2 Å². The van der Waals surface area contributed by atoms with Crippen LogP contribution >= 0.6 is 0 Å². The summed E-state index contributed by atoms with van der Waals surface area (Å²) in [6.07, 6.45) is 3.92. The fourth-order valence-corrected chi connectivity index (χ4v) is 2.00. The number of rotatable bonds is 6. The first kappa shape index (κ1) is 15.2. The maximum atomic E-state index is 11.9. The van der Waals surface area contributed by atoms with E-state index in [1.165, 1.54) is 14.2 Å². The number of carbonyl (C=O) groups excluding carboxylic acids is 2. The average Bonchev–Trinajstić information content (AvgIpc) is 2.45. The molecule has 0 aliphatic heterocycles. The van der Waals surface area contributed by atoms with Crippen LogP contribution in [0.1, 0.15) is 52.5 Å². The molecule has 0 aromatic heterocycles. The second kappa shape index (κ2) is 7.56. The number of hydrogen-bond donors (Lipinski definition) is 0. The Kier molecular flexibility index (Phi) is 6.06. The van der Waals surface area contributed by atoms with E-state index in [0.29, 0.717) is 5.56 Å². The number of benzene rings is 1. The van der Waals surface area contributed by atoms with E-state index in [1.807, 2.05) is 6.07 Å². The zero-order valence-electron chi connectivity index (χ0n) is 11.7. The molecule has 0 amide bonds. The van der Waals surface area contributed by atoms with Crippen molar-refractivity contribution in [2.75, 3.05) is 14.2 Å². The first-order valence-electron chi connectivity index (χ1n) is 6.44. The smallest absolute Gasteiger partial charge is 0.339 e. The first-order chi connectivity index (χ1) is 9.15. The molecule has 0 aliphatic rings. The monoisotopic (exact) mass is 264 g/mol. The molecule has 4 nitrogen and oxygen atoms in total. The van der Waals surface area contributed by atoms with Gasteiger partial charge in [-0.05, 0) is 24.5 Å². The molecule has 0 atom stereocenters. The van der Waals surface area contributed by atoms with Crippen molar-refractivity contribution in [1.82, 2.24) is 0 Å². The lowest BCUT2D eigenvalue weighted by Gasteiger charge is -2.11. The van der Waals surface area contributed by atoms with Gasteiger partial charge in [-0.15, -0.1) is 0 Å². The third-order valence-corrected chi connectivity index (χ3v) is 3.00. The van der Waals surface area contributed by atoms with Gasteiger partial charge in [0, 0.05) is 0 Å². The second-order valence-corrected chi connectivity index (χ2v) is 4.28. The fourth-order valence-electron chi connectivity index (χ4n) is 2.00. The van der Waals surface area contributed by atoms with Crippen LogP contribution < -0.4 is 0 Å². The summed E-state index contributed by atoms with van der Waals surface area (Å²) in [5, 5.41) is 0. The van der Waals surface area contributed by atoms with Crippen molar-refractivity contribution >= 4 is 11.9 Å². The number of esters is 2. The lowest BCUT2D eigenvalue weighted by molar-refractivity contribution is 0.0554. The Balaban J connectivity index is 3.14. The molecule has 0 N–H and O–H groups in total. The van der Waals surface area contributed by atoms with E-state index in [-0.39, 0.29) is 5.56 Å². The largest absolute Gasteiger partial charge is 0.465 e. The molecule has 19 heavy (non-hydrogen) atoms. The Morgan fingerprint density at radius 3 is 2.32 bits per heavy atom. The summed E-state index contributed by atoms with van der Waals surface area (Å²) in [6.45, 7) is 2.12. The van der Waals surface area contributed by atoms with E-state index in [0.717, 1.165) is 31.2 Å². The minimum Gasteiger partial charge on any atom is -0.465 e. The number of aryl methyl sites for hydroxylation is 1. The van der Waals surface area contributed by atoms with Crippen molar-refractivity contribution in [3.05, 3.63) is 34.9 Å². The maximum absolute atomic E-state index is 11.9. The lowest BCUT2D eigenvalue weighted by atomic mass is 9.96. The SMILES string of the molecule is CCCCCc1cccc(C(=O)OC)c1C(=O)OC. The van der Waals surface area contributed by atoms with Gasteiger partial charge < -0.3 is 9.47 Å². The van der Waals surface area contributed by atoms with E-state index >= 15 is 0 Å². The molecule has 0 bridgehead atoms. The van der Waals surface area contributed by atoms with Gasteiger partial charge in [0.05, 0.1) is 25.3 Å². The number of methoxy groups -OCH3 is 2. The molecule has 1 aromatic carbocycles. The summed E-state index contributed by atoms with van der Waals surface area (Å²) in [7, 11) is 2.61. The minimum atomic E-state index is -0.516. The molecular formula is C15H20O4. The van der Waals surface area contributed by atoms with Gasteiger partial charge in [0.1, 0.15) is 0 Å². The number of hydrogen-bond acceptors (Lipinski definition) is 4.